The highest BCUT2D eigenvalue weighted by Crippen LogP contribution is 2.23. The van der Waals surface area contributed by atoms with E-state index in [0.29, 0.717) is 29.9 Å². The number of hydrogen-bond donors (Lipinski definition) is 2. The highest BCUT2D eigenvalue weighted by molar-refractivity contribution is 7.92. The summed E-state index contributed by atoms with van der Waals surface area (Å²) in [5.41, 5.74) is 1.69. The van der Waals surface area contributed by atoms with E-state index >= 15 is 0 Å². The molecule has 1 fully saturated rings. The van der Waals surface area contributed by atoms with Crippen LogP contribution < -0.4 is 14.8 Å². The number of benzene rings is 1. The van der Waals surface area contributed by atoms with Crippen LogP contribution in [0.15, 0.2) is 41.3 Å². The zero-order chi connectivity index (χ0) is 20.1. The van der Waals surface area contributed by atoms with Crippen LogP contribution in [0.25, 0.3) is 0 Å². The van der Waals surface area contributed by atoms with Gasteiger partial charge in [0.15, 0.2) is 0 Å². The first kappa shape index (κ1) is 20.5. The summed E-state index contributed by atoms with van der Waals surface area (Å²) in [5, 5.41) is 3.35. The molecule has 1 aromatic heterocycles. The lowest BCUT2D eigenvalue weighted by atomic mass is 10.0. The van der Waals surface area contributed by atoms with E-state index in [4.69, 9.17) is 4.74 Å². The van der Waals surface area contributed by atoms with Crippen molar-refractivity contribution in [3.63, 3.8) is 0 Å². The van der Waals surface area contributed by atoms with Crippen molar-refractivity contribution in [2.45, 2.75) is 43.5 Å². The smallest absolute Gasteiger partial charge is 0.261 e. The van der Waals surface area contributed by atoms with Gasteiger partial charge in [-0.3, -0.25) is 9.11 Å². The SMILES string of the molecule is Cc1nc(OC[C@@H]2CCCN2)ccc1NS(=O)(=O)c1ccc([C@@H](C)CF)cc1. The van der Waals surface area contributed by atoms with E-state index in [1.54, 1.807) is 38.1 Å². The van der Waals surface area contributed by atoms with Gasteiger partial charge in [-0.1, -0.05) is 19.1 Å². The van der Waals surface area contributed by atoms with Gasteiger partial charge in [-0.15, -0.1) is 0 Å². The highest BCUT2D eigenvalue weighted by atomic mass is 32.2. The molecule has 1 aliphatic rings. The average Bonchev–Trinajstić information content (AvgIpc) is 3.21. The average molecular weight is 408 g/mol. The molecule has 0 aliphatic carbocycles. The Hall–Kier alpha value is -2.19. The van der Waals surface area contributed by atoms with Crippen LogP contribution in [0.5, 0.6) is 5.88 Å². The topological polar surface area (TPSA) is 80.3 Å². The number of nitrogens with one attached hydrogen (secondary N) is 2. The Kier molecular flexibility index (Phi) is 6.51. The maximum absolute atomic E-state index is 12.8. The molecule has 2 atom stereocenters. The van der Waals surface area contributed by atoms with Crippen molar-refractivity contribution in [3.05, 3.63) is 47.7 Å². The number of alkyl halides is 1. The van der Waals surface area contributed by atoms with Crippen LogP contribution in [0.2, 0.25) is 0 Å². The number of sulfonamides is 1. The largest absolute Gasteiger partial charge is 0.476 e. The molecule has 1 aromatic carbocycles. The third kappa shape index (κ3) is 4.99. The van der Waals surface area contributed by atoms with Crippen LogP contribution in [0.1, 0.15) is 36.9 Å². The fourth-order valence-corrected chi connectivity index (χ4v) is 4.20. The Morgan fingerprint density at radius 1 is 1.29 bits per heavy atom. The molecule has 1 aliphatic heterocycles. The number of rotatable bonds is 8. The molecule has 2 heterocycles. The second kappa shape index (κ2) is 8.87. The molecule has 28 heavy (non-hydrogen) atoms. The predicted molar refractivity (Wildman–Crippen MR) is 107 cm³/mol. The van der Waals surface area contributed by atoms with Crippen molar-refractivity contribution in [1.29, 1.82) is 0 Å². The van der Waals surface area contributed by atoms with Gasteiger partial charge in [-0.25, -0.2) is 13.4 Å². The molecule has 1 saturated heterocycles. The van der Waals surface area contributed by atoms with Crippen molar-refractivity contribution < 1.29 is 17.5 Å². The van der Waals surface area contributed by atoms with E-state index in [9.17, 15) is 12.8 Å². The number of pyridine rings is 1. The summed E-state index contributed by atoms with van der Waals surface area (Å²) in [7, 11) is -3.76. The molecule has 0 bridgehead atoms. The van der Waals surface area contributed by atoms with Crippen LogP contribution in [0, 0.1) is 6.92 Å². The number of aromatic nitrogens is 1. The first-order valence-electron chi connectivity index (χ1n) is 9.41. The van der Waals surface area contributed by atoms with Gasteiger partial charge >= 0.3 is 0 Å². The molecular weight excluding hydrogens is 381 g/mol. The zero-order valence-corrected chi connectivity index (χ0v) is 16.9. The van der Waals surface area contributed by atoms with E-state index in [1.807, 2.05) is 0 Å². The highest BCUT2D eigenvalue weighted by Gasteiger charge is 2.18. The molecule has 152 valence electrons. The van der Waals surface area contributed by atoms with Crippen LogP contribution in [0.4, 0.5) is 10.1 Å². The standard InChI is InChI=1S/C20H26FN3O3S/c1-14(12-21)16-5-7-18(8-6-16)28(25,26)24-19-9-10-20(23-15(19)2)27-13-17-4-3-11-22-17/h5-10,14,17,22,24H,3-4,11-13H2,1-2H3/t14-,17-/m0/s1. The van der Waals surface area contributed by atoms with Gasteiger partial charge < -0.3 is 10.1 Å². The minimum atomic E-state index is -3.76. The normalized spacial score (nSPS) is 18.0. The molecular formula is C20H26FN3O3S. The lowest BCUT2D eigenvalue weighted by molar-refractivity contribution is 0.267. The van der Waals surface area contributed by atoms with Gasteiger partial charge in [0.2, 0.25) is 5.88 Å². The van der Waals surface area contributed by atoms with Gasteiger partial charge in [0.1, 0.15) is 6.61 Å². The fourth-order valence-electron chi connectivity index (χ4n) is 3.08. The van der Waals surface area contributed by atoms with Gasteiger partial charge in [-0.2, -0.15) is 0 Å². The summed E-state index contributed by atoms with van der Waals surface area (Å²) in [5.74, 6) is 0.210. The summed E-state index contributed by atoms with van der Waals surface area (Å²) in [6.07, 6.45) is 2.23. The number of ether oxygens (including phenoxy) is 1. The van der Waals surface area contributed by atoms with Crippen molar-refractivity contribution in [2.75, 3.05) is 24.5 Å². The summed E-state index contributed by atoms with van der Waals surface area (Å²) in [4.78, 5) is 4.46. The second-order valence-electron chi connectivity index (χ2n) is 7.12. The molecule has 6 nitrogen and oxygen atoms in total. The number of halogens is 1. The summed E-state index contributed by atoms with van der Waals surface area (Å²) < 4.78 is 46.3. The van der Waals surface area contributed by atoms with Crippen molar-refractivity contribution >= 4 is 15.7 Å². The minimum Gasteiger partial charge on any atom is -0.476 e. The molecule has 8 heteroatoms. The maximum atomic E-state index is 12.8. The van der Waals surface area contributed by atoms with E-state index in [2.05, 4.69) is 15.0 Å². The van der Waals surface area contributed by atoms with E-state index < -0.39 is 16.7 Å². The third-order valence-corrected chi connectivity index (χ3v) is 6.27. The van der Waals surface area contributed by atoms with Crippen LogP contribution in [0.3, 0.4) is 0 Å². The quantitative estimate of drug-likeness (QED) is 0.701. The Labute approximate surface area is 165 Å². The summed E-state index contributed by atoms with van der Waals surface area (Å²) in [6.45, 7) is 4.55. The number of hydrogen-bond acceptors (Lipinski definition) is 5. The lowest BCUT2D eigenvalue weighted by Crippen LogP contribution is -2.28. The molecule has 0 radical (unpaired) electrons. The Bertz CT molecular complexity index is 897. The number of anilines is 1. The Morgan fingerprint density at radius 3 is 2.64 bits per heavy atom. The second-order valence-corrected chi connectivity index (χ2v) is 8.80. The van der Waals surface area contributed by atoms with Gasteiger partial charge in [-0.05, 0) is 50.1 Å². The zero-order valence-electron chi connectivity index (χ0n) is 16.1. The van der Waals surface area contributed by atoms with Crippen molar-refractivity contribution in [2.24, 2.45) is 0 Å². The van der Waals surface area contributed by atoms with E-state index in [1.165, 1.54) is 12.1 Å². The molecule has 0 spiro atoms. The number of nitrogens with zero attached hydrogens (tertiary/aromatic N) is 1. The summed E-state index contributed by atoms with van der Waals surface area (Å²) in [6, 6.07) is 9.89. The first-order chi connectivity index (χ1) is 13.4. The Balaban J connectivity index is 1.67. The van der Waals surface area contributed by atoms with Gasteiger partial charge in [0.05, 0.1) is 23.0 Å². The lowest BCUT2D eigenvalue weighted by Gasteiger charge is -2.14. The van der Waals surface area contributed by atoms with Crippen LogP contribution in [-0.4, -0.2) is 39.3 Å². The van der Waals surface area contributed by atoms with Crippen LogP contribution >= 0.6 is 0 Å². The summed E-state index contributed by atoms with van der Waals surface area (Å²) >= 11 is 0. The fraction of sp³-hybridized carbons (Fsp3) is 0.450. The molecule has 3 rings (SSSR count). The van der Waals surface area contributed by atoms with Gasteiger partial charge in [0.25, 0.3) is 10.0 Å². The monoisotopic (exact) mass is 407 g/mol. The van der Waals surface area contributed by atoms with Crippen molar-refractivity contribution in [1.82, 2.24) is 10.3 Å². The molecule has 0 amide bonds. The molecule has 2 aromatic rings. The molecule has 2 N–H and O–H groups in total. The van der Waals surface area contributed by atoms with Crippen molar-refractivity contribution in [3.8, 4) is 5.88 Å². The third-order valence-electron chi connectivity index (χ3n) is 4.89. The minimum absolute atomic E-state index is 0.120. The maximum Gasteiger partial charge on any atom is 0.261 e. The Morgan fingerprint density at radius 2 is 2.04 bits per heavy atom. The van der Waals surface area contributed by atoms with E-state index in [0.717, 1.165) is 24.9 Å². The van der Waals surface area contributed by atoms with Gasteiger partial charge in [0, 0.05) is 18.0 Å². The molecule has 0 saturated carbocycles. The predicted octanol–water partition coefficient (Wildman–Crippen LogP) is 3.39. The van der Waals surface area contributed by atoms with E-state index in [-0.39, 0.29) is 10.8 Å². The van der Waals surface area contributed by atoms with Crippen LogP contribution in [-0.2, 0) is 10.0 Å². The number of aryl methyl sites for hydroxylation is 1. The first-order valence-corrected chi connectivity index (χ1v) is 10.9. The molecule has 0 unspecified atom stereocenters.